The van der Waals surface area contributed by atoms with Gasteiger partial charge in [-0.2, -0.15) is 0 Å². The molecule has 5 nitrogen and oxygen atoms in total. The van der Waals surface area contributed by atoms with E-state index >= 15 is 0 Å². The number of ether oxygens (including phenoxy) is 1. The van der Waals surface area contributed by atoms with Gasteiger partial charge in [0.25, 0.3) is 0 Å². The van der Waals surface area contributed by atoms with Crippen molar-refractivity contribution in [1.82, 2.24) is 0 Å². The quantitative estimate of drug-likeness (QED) is 0.277. The number of nitrogens with zero attached hydrogens (tertiary/aromatic N) is 1. The van der Waals surface area contributed by atoms with Crippen molar-refractivity contribution in [1.29, 1.82) is 0 Å². The summed E-state index contributed by atoms with van der Waals surface area (Å²) in [6.07, 6.45) is 0. The molecule has 5 heteroatoms. The number of hydrogen-bond donors (Lipinski definition) is 3. The molecule has 0 aromatic heterocycles. The molecule has 0 amide bonds. The molecule has 0 aliphatic heterocycles. The van der Waals surface area contributed by atoms with Crippen LogP contribution >= 0.6 is 0 Å². The summed E-state index contributed by atoms with van der Waals surface area (Å²) in [7, 11) is 0. The van der Waals surface area contributed by atoms with E-state index in [0.29, 0.717) is 34.1 Å². The Morgan fingerprint density at radius 1 is 0.543 bits per heavy atom. The topological polar surface area (TPSA) is 73.2 Å². The Labute approximate surface area is 206 Å². The molecule has 0 aliphatic carbocycles. The summed E-state index contributed by atoms with van der Waals surface area (Å²) < 4.78 is 6.39. The summed E-state index contributed by atoms with van der Waals surface area (Å²) in [5.41, 5.74) is 6.86. The Balaban J connectivity index is 1.99. The molecule has 0 atom stereocenters. The molecule has 0 spiro atoms. The Morgan fingerprint density at radius 2 is 1.09 bits per heavy atom. The highest BCUT2D eigenvalue weighted by molar-refractivity contribution is 5.88. The van der Waals surface area contributed by atoms with Crippen LogP contribution in [0.5, 0.6) is 28.7 Å². The van der Waals surface area contributed by atoms with E-state index < -0.39 is 0 Å². The molecule has 0 saturated carbocycles. The molecule has 0 aliphatic rings. The standard InChI is InChI=1S/C30H31NO4/c1-17-11-21(5)29(25(33)13-17)31(30-22(6)12-18(2)14-26(30)34)23-9-7-8-10-27(23)35-28-16-19(3)24(32)15-20(28)4/h7-16,32-34H,1-6H3. The third-order valence-electron chi connectivity index (χ3n) is 6.12. The molecule has 0 saturated heterocycles. The van der Waals surface area contributed by atoms with Gasteiger partial charge in [0, 0.05) is 0 Å². The zero-order chi connectivity index (χ0) is 25.4. The lowest BCUT2D eigenvalue weighted by Crippen LogP contribution is -2.14. The summed E-state index contributed by atoms with van der Waals surface area (Å²) >= 11 is 0. The van der Waals surface area contributed by atoms with E-state index in [1.54, 1.807) is 24.3 Å². The van der Waals surface area contributed by atoms with Gasteiger partial charge in [-0.25, -0.2) is 0 Å². The highest BCUT2D eigenvalue weighted by atomic mass is 16.5. The monoisotopic (exact) mass is 469 g/mol. The fourth-order valence-electron chi connectivity index (χ4n) is 4.54. The van der Waals surface area contributed by atoms with Gasteiger partial charge >= 0.3 is 0 Å². The normalized spacial score (nSPS) is 10.9. The van der Waals surface area contributed by atoms with Crippen molar-refractivity contribution in [2.45, 2.75) is 41.5 Å². The molecule has 0 bridgehead atoms. The number of para-hydroxylation sites is 2. The second-order valence-electron chi connectivity index (χ2n) is 9.21. The van der Waals surface area contributed by atoms with Gasteiger partial charge in [-0.1, -0.05) is 24.3 Å². The molecule has 4 rings (SSSR count). The predicted molar refractivity (Wildman–Crippen MR) is 141 cm³/mol. The summed E-state index contributed by atoms with van der Waals surface area (Å²) in [6.45, 7) is 11.4. The predicted octanol–water partition coefficient (Wildman–Crippen LogP) is 7.92. The first-order chi connectivity index (χ1) is 16.6. The number of aromatic hydroxyl groups is 3. The number of phenols is 3. The molecule has 0 fully saturated rings. The number of aryl methyl sites for hydroxylation is 6. The third-order valence-corrected chi connectivity index (χ3v) is 6.12. The van der Waals surface area contributed by atoms with Crippen molar-refractivity contribution in [3.63, 3.8) is 0 Å². The van der Waals surface area contributed by atoms with Crippen molar-refractivity contribution in [3.05, 3.63) is 94.0 Å². The Hall–Kier alpha value is -4.12. The molecule has 3 N–H and O–H groups in total. The summed E-state index contributed by atoms with van der Waals surface area (Å²) in [4.78, 5) is 1.85. The second-order valence-corrected chi connectivity index (χ2v) is 9.21. The van der Waals surface area contributed by atoms with Crippen LogP contribution in [0.3, 0.4) is 0 Å². The maximum atomic E-state index is 11.1. The average molecular weight is 470 g/mol. The molecule has 4 aromatic rings. The van der Waals surface area contributed by atoms with Gasteiger partial charge in [-0.15, -0.1) is 0 Å². The molecule has 0 radical (unpaired) electrons. The maximum absolute atomic E-state index is 11.1. The number of rotatable bonds is 5. The van der Waals surface area contributed by atoms with Crippen molar-refractivity contribution in [2.75, 3.05) is 4.90 Å². The number of phenolic OH excluding ortho intramolecular Hbond substituents is 3. The van der Waals surface area contributed by atoms with Gasteiger partial charge < -0.3 is 20.1 Å². The van der Waals surface area contributed by atoms with Crippen LogP contribution in [0, 0.1) is 41.5 Å². The van der Waals surface area contributed by atoms with Gasteiger partial charge in [-0.05, 0) is 111 Å². The lowest BCUT2D eigenvalue weighted by molar-refractivity contribution is 0.457. The van der Waals surface area contributed by atoms with E-state index in [9.17, 15) is 15.3 Å². The fourth-order valence-corrected chi connectivity index (χ4v) is 4.54. The van der Waals surface area contributed by atoms with Crippen LogP contribution in [0.4, 0.5) is 17.1 Å². The van der Waals surface area contributed by atoms with Crippen LogP contribution in [-0.4, -0.2) is 15.3 Å². The molecule has 35 heavy (non-hydrogen) atoms. The zero-order valence-corrected chi connectivity index (χ0v) is 21.0. The Morgan fingerprint density at radius 3 is 1.63 bits per heavy atom. The maximum Gasteiger partial charge on any atom is 0.151 e. The van der Waals surface area contributed by atoms with E-state index in [1.165, 1.54) is 0 Å². The third kappa shape index (κ3) is 4.62. The highest BCUT2D eigenvalue weighted by Gasteiger charge is 2.26. The van der Waals surface area contributed by atoms with E-state index in [2.05, 4.69) is 0 Å². The van der Waals surface area contributed by atoms with Crippen molar-refractivity contribution < 1.29 is 20.1 Å². The largest absolute Gasteiger partial charge is 0.508 e. The molecule has 4 aromatic carbocycles. The fraction of sp³-hybridized carbons (Fsp3) is 0.200. The SMILES string of the molecule is Cc1cc(C)c(N(c2ccccc2Oc2cc(C)c(O)cc2C)c2c(C)cc(C)cc2O)c(O)c1. The Bertz CT molecular complexity index is 1320. The number of benzene rings is 4. The van der Waals surface area contributed by atoms with Gasteiger partial charge in [0.2, 0.25) is 0 Å². The van der Waals surface area contributed by atoms with E-state index in [1.807, 2.05) is 82.8 Å². The minimum atomic E-state index is 0.105. The lowest BCUT2D eigenvalue weighted by atomic mass is 10.0. The van der Waals surface area contributed by atoms with Gasteiger partial charge in [0.1, 0.15) is 23.0 Å². The van der Waals surface area contributed by atoms with Crippen LogP contribution in [-0.2, 0) is 0 Å². The minimum absolute atomic E-state index is 0.105. The molecule has 0 heterocycles. The smallest absolute Gasteiger partial charge is 0.151 e. The molecule has 0 unspecified atom stereocenters. The van der Waals surface area contributed by atoms with Gasteiger partial charge in [0.15, 0.2) is 5.75 Å². The average Bonchev–Trinajstić information content (AvgIpc) is 2.75. The highest BCUT2D eigenvalue weighted by Crippen LogP contribution is 2.50. The Kier molecular flexibility index (Phi) is 6.35. The molecule has 180 valence electrons. The van der Waals surface area contributed by atoms with Crippen LogP contribution in [0.2, 0.25) is 0 Å². The van der Waals surface area contributed by atoms with Crippen molar-refractivity contribution >= 4 is 17.1 Å². The number of anilines is 3. The first-order valence-electron chi connectivity index (χ1n) is 11.5. The van der Waals surface area contributed by atoms with E-state index in [4.69, 9.17) is 4.74 Å². The van der Waals surface area contributed by atoms with Gasteiger partial charge in [0.05, 0.1) is 17.1 Å². The summed E-state index contributed by atoms with van der Waals surface area (Å²) in [5, 5.41) is 32.3. The van der Waals surface area contributed by atoms with Crippen LogP contribution < -0.4 is 9.64 Å². The molecular formula is C30H31NO4. The first-order valence-corrected chi connectivity index (χ1v) is 11.5. The lowest BCUT2D eigenvalue weighted by Gasteiger charge is -2.31. The van der Waals surface area contributed by atoms with Crippen LogP contribution in [0.15, 0.2) is 60.7 Å². The van der Waals surface area contributed by atoms with Crippen molar-refractivity contribution in [2.24, 2.45) is 0 Å². The van der Waals surface area contributed by atoms with E-state index in [-0.39, 0.29) is 17.2 Å². The zero-order valence-electron chi connectivity index (χ0n) is 21.0. The van der Waals surface area contributed by atoms with Gasteiger partial charge in [-0.3, -0.25) is 4.90 Å². The minimum Gasteiger partial charge on any atom is -0.508 e. The van der Waals surface area contributed by atoms with Crippen molar-refractivity contribution in [3.8, 4) is 28.7 Å². The number of hydrogen-bond acceptors (Lipinski definition) is 5. The van der Waals surface area contributed by atoms with Crippen LogP contribution in [0.25, 0.3) is 0 Å². The molecular weight excluding hydrogens is 438 g/mol. The van der Waals surface area contributed by atoms with Crippen LogP contribution in [0.1, 0.15) is 33.4 Å². The summed E-state index contributed by atoms with van der Waals surface area (Å²) in [6, 6.07) is 18.4. The second kappa shape index (κ2) is 9.26. The first kappa shape index (κ1) is 24.0. The van der Waals surface area contributed by atoms with E-state index in [0.717, 1.165) is 27.8 Å². The summed E-state index contributed by atoms with van der Waals surface area (Å²) in [5.74, 6) is 1.58.